The number of rotatable bonds is 3. The van der Waals surface area contributed by atoms with Gasteiger partial charge in [0, 0.05) is 10.9 Å². The van der Waals surface area contributed by atoms with E-state index in [9.17, 15) is 8.78 Å². The van der Waals surface area contributed by atoms with E-state index in [0.717, 1.165) is 14.7 Å². The van der Waals surface area contributed by atoms with Crippen LogP contribution in [0.4, 0.5) is 14.5 Å². The van der Waals surface area contributed by atoms with Gasteiger partial charge in [-0.3, -0.25) is 0 Å². The van der Waals surface area contributed by atoms with Gasteiger partial charge in [0.2, 0.25) is 0 Å². The van der Waals surface area contributed by atoms with Crippen molar-refractivity contribution in [3.8, 4) is 0 Å². The molecule has 1 aromatic heterocycles. The fourth-order valence-corrected chi connectivity index (χ4v) is 3.27. The Morgan fingerprint density at radius 2 is 1.89 bits per heavy atom. The first-order chi connectivity index (χ1) is 8.47. The van der Waals surface area contributed by atoms with Crippen LogP contribution in [0.25, 0.3) is 0 Å². The van der Waals surface area contributed by atoms with E-state index in [2.05, 4.69) is 37.2 Å². The van der Waals surface area contributed by atoms with Gasteiger partial charge in [-0.25, -0.2) is 8.78 Å². The molecule has 0 saturated heterocycles. The first-order valence-electron chi connectivity index (χ1n) is 5.13. The lowest BCUT2D eigenvalue weighted by Gasteiger charge is -2.14. The van der Waals surface area contributed by atoms with Crippen molar-refractivity contribution in [1.82, 2.24) is 0 Å². The normalized spacial score (nSPS) is 12.5. The Morgan fingerprint density at radius 3 is 2.50 bits per heavy atom. The van der Waals surface area contributed by atoms with Crippen molar-refractivity contribution in [3.63, 3.8) is 0 Å². The summed E-state index contributed by atoms with van der Waals surface area (Å²) in [6.07, 6.45) is 0. The van der Waals surface area contributed by atoms with Crippen molar-refractivity contribution >= 4 is 48.9 Å². The summed E-state index contributed by atoms with van der Waals surface area (Å²) < 4.78 is 27.9. The van der Waals surface area contributed by atoms with Gasteiger partial charge in [0.25, 0.3) is 0 Å². The lowest BCUT2D eigenvalue weighted by atomic mass is 10.2. The average molecular weight is 397 g/mol. The molecule has 18 heavy (non-hydrogen) atoms. The van der Waals surface area contributed by atoms with Crippen molar-refractivity contribution in [2.75, 3.05) is 5.32 Å². The fourth-order valence-electron chi connectivity index (χ4n) is 1.50. The van der Waals surface area contributed by atoms with E-state index < -0.39 is 11.6 Å². The van der Waals surface area contributed by atoms with Crippen LogP contribution in [-0.4, -0.2) is 0 Å². The maximum absolute atomic E-state index is 13.6. The monoisotopic (exact) mass is 395 g/mol. The summed E-state index contributed by atoms with van der Waals surface area (Å²) in [5, 5.41) is 3.03. The summed E-state index contributed by atoms with van der Waals surface area (Å²) >= 11 is 8.00. The van der Waals surface area contributed by atoms with Gasteiger partial charge < -0.3 is 5.32 Å². The van der Waals surface area contributed by atoms with Crippen LogP contribution in [0.2, 0.25) is 0 Å². The molecular formula is C12H9Br2F2NS. The van der Waals surface area contributed by atoms with Gasteiger partial charge in [-0.1, -0.05) is 0 Å². The number of nitrogens with one attached hydrogen (secondary N) is 1. The van der Waals surface area contributed by atoms with E-state index in [1.807, 2.05) is 19.1 Å². The van der Waals surface area contributed by atoms with E-state index in [1.165, 1.54) is 6.07 Å². The minimum absolute atomic E-state index is 0.0480. The minimum atomic E-state index is -0.607. The maximum atomic E-state index is 13.6. The first kappa shape index (κ1) is 14.0. The summed E-state index contributed by atoms with van der Waals surface area (Å²) in [5.41, 5.74) is 0.278. The lowest BCUT2D eigenvalue weighted by Crippen LogP contribution is -2.06. The van der Waals surface area contributed by atoms with Crippen LogP contribution in [-0.2, 0) is 0 Å². The second kappa shape index (κ2) is 5.67. The zero-order valence-corrected chi connectivity index (χ0v) is 13.3. The second-order valence-corrected chi connectivity index (χ2v) is 7.10. The van der Waals surface area contributed by atoms with E-state index in [0.29, 0.717) is 0 Å². The number of anilines is 1. The van der Waals surface area contributed by atoms with Crippen molar-refractivity contribution in [2.45, 2.75) is 13.0 Å². The van der Waals surface area contributed by atoms with Crippen LogP contribution in [0.15, 0.2) is 32.5 Å². The summed E-state index contributed by atoms with van der Waals surface area (Å²) in [7, 11) is 0. The van der Waals surface area contributed by atoms with Crippen molar-refractivity contribution < 1.29 is 8.78 Å². The summed E-state index contributed by atoms with van der Waals surface area (Å²) in [4.78, 5) is 1.07. The minimum Gasteiger partial charge on any atom is -0.375 e. The molecule has 0 amide bonds. The van der Waals surface area contributed by atoms with Crippen molar-refractivity contribution in [2.24, 2.45) is 0 Å². The molecule has 1 aromatic carbocycles. The smallest absolute Gasteiger partial charge is 0.149 e. The van der Waals surface area contributed by atoms with E-state index in [1.54, 1.807) is 11.3 Å². The third-order valence-electron chi connectivity index (χ3n) is 2.40. The van der Waals surface area contributed by atoms with E-state index in [-0.39, 0.29) is 16.2 Å². The molecule has 0 fully saturated rings. The number of halogens is 4. The molecule has 6 heteroatoms. The molecule has 96 valence electrons. The van der Waals surface area contributed by atoms with Crippen LogP contribution in [0, 0.1) is 11.6 Å². The molecule has 0 aliphatic rings. The molecule has 1 N–H and O–H groups in total. The van der Waals surface area contributed by atoms with Gasteiger partial charge in [0.15, 0.2) is 0 Å². The molecule has 0 bridgehead atoms. The van der Waals surface area contributed by atoms with Crippen LogP contribution in [0.3, 0.4) is 0 Å². The Balaban J connectivity index is 2.21. The van der Waals surface area contributed by atoms with Gasteiger partial charge in [-0.05, 0) is 57.0 Å². The highest BCUT2D eigenvalue weighted by atomic mass is 79.9. The largest absolute Gasteiger partial charge is 0.375 e. The standard InChI is InChI=1S/C12H9Br2F2NS/c1-6(11-2-3-12(14)18-11)17-10-4-7(13)8(15)5-9(10)16/h2-6,17H,1H3. The third kappa shape index (κ3) is 3.10. The predicted octanol–water partition coefficient (Wildman–Crippen LogP) is 5.72. The summed E-state index contributed by atoms with van der Waals surface area (Å²) in [6, 6.07) is 6.12. The molecular weight excluding hydrogens is 388 g/mol. The fraction of sp³-hybridized carbons (Fsp3) is 0.167. The van der Waals surface area contributed by atoms with Gasteiger partial charge >= 0.3 is 0 Å². The van der Waals surface area contributed by atoms with E-state index in [4.69, 9.17) is 0 Å². The Hall–Kier alpha value is -0.460. The average Bonchev–Trinajstić information content (AvgIpc) is 2.73. The molecule has 1 heterocycles. The quantitative estimate of drug-likeness (QED) is 0.653. The predicted molar refractivity (Wildman–Crippen MR) is 78.1 cm³/mol. The third-order valence-corrected chi connectivity index (χ3v) is 4.82. The van der Waals surface area contributed by atoms with Gasteiger partial charge in [-0.15, -0.1) is 11.3 Å². The maximum Gasteiger partial charge on any atom is 0.149 e. The van der Waals surface area contributed by atoms with Crippen molar-refractivity contribution in [3.05, 3.63) is 49.0 Å². The van der Waals surface area contributed by atoms with Crippen LogP contribution in [0.1, 0.15) is 17.8 Å². The molecule has 0 aliphatic heterocycles. The van der Waals surface area contributed by atoms with Gasteiger partial charge in [0.1, 0.15) is 11.6 Å². The molecule has 2 rings (SSSR count). The Morgan fingerprint density at radius 1 is 1.17 bits per heavy atom. The molecule has 2 aromatic rings. The molecule has 0 spiro atoms. The van der Waals surface area contributed by atoms with Crippen molar-refractivity contribution in [1.29, 1.82) is 0 Å². The van der Waals surface area contributed by atoms with Crippen LogP contribution in [0.5, 0.6) is 0 Å². The van der Waals surface area contributed by atoms with E-state index >= 15 is 0 Å². The van der Waals surface area contributed by atoms with Gasteiger partial charge in [0.05, 0.1) is 20.0 Å². The topological polar surface area (TPSA) is 12.0 Å². The number of hydrogen-bond acceptors (Lipinski definition) is 2. The Bertz CT molecular complexity index is 571. The highest BCUT2D eigenvalue weighted by molar-refractivity contribution is 9.11. The van der Waals surface area contributed by atoms with Crippen LogP contribution >= 0.6 is 43.2 Å². The molecule has 0 aliphatic carbocycles. The highest BCUT2D eigenvalue weighted by Gasteiger charge is 2.13. The first-order valence-corrected chi connectivity index (χ1v) is 7.54. The Kier molecular flexibility index (Phi) is 4.40. The number of benzene rings is 1. The van der Waals surface area contributed by atoms with Gasteiger partial charge in [-0.2, -0.15) is 0 Å². The second-order valence-electron chi connectivity index (χ2n) is 3.75. The zero-order chi connectivity index (χ0) is 13.3. The summed E-state index contributed by atoms with van der Waals surface area (Å²) in [5.74, 6) is -1.21. The molecule has 1 atom stereocenters. The number of hydrogen-bond donors (Lipinski definition) is 1. The number of thiophene rings is 1. The zero-order valence-electron chi connectivity index (χ0n) is 9.31. The molecule has 0 radical (unpaired) electrons. The SMILES string of the molecule is CC(Nc1cc(Br)c(F)cc1F)c1ccc(Br)s1. The van der Waals surface area contributed by atoms with Crippen LogP contribution < -0.4 is 5.32 Å². The lowest BCUT2D eigenvalue weighted by molar-refractivity contribution is 0.579. The molecule has 0 saturated carbocycles. The highest BCUT2D eigenvalue weighted by Crippen LogP contribution is 2.31. The molecule has 1 unspecified atom stereocenters. The summed E-state index contributed by atoms with van der Waals surface area (Å²) in [6.45, 7) is 1.93. The Labute approximate surface area is 124 Å². The molecule has 1 nitrogen and oxygen atoms in total.